The number of hydrogen-bond donors (Lipinski definition) is 0. The van der Waals surface area contributed by atoms with E-state index in [1.165, 1.54) is 6.08 Å². The number of halogens is 2. The topological polar surface area (TPSA) is 54.5 Å². The minimum Gasteiger partial charge on any atom is -0.339 e. The van der Waals surface area contributed by atoms with Gasteiger partial charge in [0, 0.05) is 29.2 Å². The molecule has 0 aromatic heterocycles. The lowest BCUT2D eigenvalue weighted by molar-refractivity contribution is -0.126. The highest BCUT2D eigenvalue weighted by atomic mass is 35.5. The zero-order chi connectivity index (χ0) is 20.1. The van der Waals surface area contributed by atoms with Crippen LogP contribution in [0.2, 0.25) is 10.0 Å². The van der Waals surface area contributed by atoms with Crippen LogP contribution in [0.15, 0.2) is 54.6 Å². The molecule has 1 aliphatic rings. The van der Waals surface area contributed by atoms with Gasteiger partial charge in [0.15, 0.2) is 9.84 Å². The molecular formula is C21H21Cl2NO3S. The molecule has 0 N–H and O–H groups in total. The van der Waals surface area contributed by atoms with E-state index in [0.717, 1.165) is 5.56 Å². The van der Waals surface area contributed by atoms with E-state index < -0.39 is 15.1 Å². The Kier molecular flexibility index (Phi) is 6.81. The molecule has 1 fully saturated rings. The first-order chi connectivity index (χ1) is 13.3. The highest BCUT2D eigenvalue weighted by molar-refractivity contribution is 7.91. The van der Waals surface area contributed by atoms with Crippen molar-refractivity contribution < 1.29 is 13.2 Å². The maximum Gasteiger partial charge on any atom is 0.246 e. The van der Waals surface area contributed by atoms with E-state index in [2.05, 4.69) is 0 Å². The fourth-order valence-corrected chi connectivity index (χ4v) is 5.56. The van der Waals surface area contributed by atoms with Crippen LogP contribution in [0, 0.1) is 0 Å². The van der Waals surface area contributed by atoms with E-state index in [1.54, 1.807) is 29.2 Å². The molecule has 2 aromatic rings. The minimum atomic E-state index is -3.24. The molecule has 7 heteroatoms. The molecule has 0 saturated carbocycles. The van der Waals surface area contributed by atoms with Crippen LogP contribution < -0.4 is 0 Å². The van der Waals surface area contributed by atoms with Gasteiger partial charge < -0.3 is 4.90 Å². The molecule has 3 rings (SSSR count). The van der Waals surface area contributed by atoms with Crippen molar-refractivity contribution in [2.24, 2.45) is 0 Å². The summed E-state index contributed by atoms with van der Waals surface area (Å²) in [6.07, 6.45) is 4.03. The summed E-state index contributed by atoms with van der Waals surface area (Å²) >= 11 is 12.0. The lowest BCUT2D eigenvalue weighted by atomic mass is 10.1. The first-order valence-electron chi connectivity index (χ1n) is 9.03. The summed E-state index contributed by atoms with van der Waals surface area (Å²) in [5.74, 6) is -0.105. The Balaban J connectivity index is 1.57. The molecule has 1 heterocycles. The van der Waals surface area contributed by atoms with Crippen molar-refractivity contribution in [3.05, 3.63) is 75.8 Å². The van der Waals surface area contributed by atoms with Crippen molar-refractivity contribution in [2.45, 2.75) is 23.8 Å². The van der Waals surface area contributed by atoms with Gasteiger partial charge in [-0.25, -0.2) is 8.42 Å². The van der Waals surface area contributed by atoms with Gasteiger partial charge in [-0.1, -0.05) is 59.6 Å². The lowest BCUT2D eigenvalue weighted by Crippen LogP contribution is -2.42. The number of nitrogens with zero attached hydrogens (tertiary/aromatic N) is 1. The second-order valence-corrected chi connectivity index (χ2v) is 9.94. The lowest BCUT2D eigenvalue weighted by Gasteiger charge is -2.31. The fraction of sp³-hybridized carbons (Fsp3) is 0.286. The molecule has 1 amide bonds. The molecular weight excluding hydrogens is 417 g/mol. The highest BCUT2D eigenvalue weighted by Crippen LogP contribution is 2.24. The van der Waals surface area contributed by atoms with Gasteiger partial charge in [0.25, 0.3) is 0 Å². The standard InChI is InChI=1S/C21H21Cl2NO3S/c22-18-8-6-17(20(23)14-18)7-9-21(25)24-12-10-19(11-13-24)28(26,27)15-16-4-2-1-3-5-16/h1-9,14,19H,10-13,15H2/b9-7+. The summed E-state index contributed by atoms with van der Waals surface area (Å²) in [6.45, 7) is 0.854. The number of benzene rings is 2. The van der Waals surface area contributed by atoms with Crippen LogP contribution >= 0.6 is 23.2 Å². The second kappa shape index (κ2) is 9.12. The molecule has 1 aliphatic heterocycles. The van der Waals surface area contributed by atoms with Crippen molar-refractivity contribution in [1.82, 2.24) is 4.90 Å². The number of amides is 1. The molecule has 148 valence electrons. The van der Waals surface area contributed by atoms with Crippen LogP contribution in [0.5, 0.6) is 0 Å². The number of rotatable bonds is 5. The molecule has 28 heavy (non-hydrogen) atoms. The fourth-order valence-electron chi connectivity index (χ4n) is 3.26. The first-order valence-corrected chi connectivity index (χ1v) is 11.5. The van der Waals surface area contributed by atoms with E-state index in [0.29, 0.717) is 41.5 Å². The molecule has 0 aliphatic carbocycles. The molecule has 2 aromatic carbocycles. The van der Waals surface area contributed by atoms with Crippen LogP contribution in [0.3, 0.4) is 0 Å². The highest BCUT2D eigenvalue weighted by Gasteiger charge is 2.31. The van der Waals surface area contributed by atoms with Gasteiger partial charge in [-0.15, -0.1) is 0 Å². The predicted octanol–water partition coefficient (Wildman–Crippen LogP) is 4.61. The Bertz CT molecular complexity index is 966. The van der Waals surface area contributed by atoms with Crippen molar-refractivity contribution in [3.8, 4) is 0 Å². The molecule has 4 nitrogen and oxygen atoms in total. The van der Waals surface area contributed by atoms with E-state index in [4.69, 9.17) is 23.2 Å². The Morgan fingerprint density at radius 2 is 1.75 bits per heavy atom. The SMILES string of the molecule is O=C(/C=C/c1ccc(Cl)cc1Cl)N1CCC(S(=O)(=O)Cc2ccccc2)CC1. The molecule has 0 atom stereocenters. The molecule has 0 radical (unpaired) electrons. The summed E-state index contributed by atoms with van der Waals surface area (Å²) < 4.78 is 25.3. The summed E-state index contributed by atoms with van der Waals surface area (Å²) in [5.41, 5.74) is 1.50. The van der Waals surface area contributed by atoms with E-state index in [-0.39, 0.29) is 11.7 Å². The summed E-state index contributed by atoms with van der Waals surface area (Å²) in [4.78, 5) is 14.1. The number of piperidine rings is 1. The number of hydrogen-bond acceptors (Lipinski definition) is 3. The third-order valence-electron chi connectivity index (χ3n) is 4.84. The molecule has 0 bridgehead atoms. The van der Waals surface area contributed by atoms with Crippen molar-refractivity contribution in [3.63, 3.8) is 0 Å². The normalized spacial score (nSPS) is 15.9. The van der Waals surface area contributed by atoms with Gasteiger partial charge in [-0.3, -0.25) is 4.79 Å². The van der Waals surface area contributed by atoms with Gasteiger partial charge in [0.05, 0.1) is 11.0 Å². The average Bonchev–Trinajstić information content (AvgIpc) is 2.67. The average molecular weight is 438 g/mol. The van der Waals surface area contributed by atoms with E-state index in [1.807, 2.05) is 30.3 Å². The Hall–Kier alpha value is -1.82. The zero-order valence-electron chi connectivity index (χ0n) is 15.2. The van der Waals surface area contributed by atoms with Gasteiger partial charge in [-0.2, -0.15) is 0 Å². The smallest absolute Gasteiger partial charge is 0.246 e. The summed E-state index contributed by atoms with van der Waals surface area (Å²) in [5, 5.41) is 0.598. The summed E-state index contributed by atoms with van der Waals surface area (Å²) in [6, 6.07) is 14.3. The van der Waals surface area contributed by atoms with E-state index in [9.17, 15) is 13.2 Å². The Morgan fingerprint density at radius 3 is 2.39 bits per heavy atom. The van der Waals surface area contributed by atoms with Crippen LogP contribution in [0.25, 0.3) is 6.08 Å². The quantitative estimate of drug-likeness (QED) is 0.641. The van der Waals surface area contributed by atoms with Crippen molar-refractivity contribution >= 4 is 45.0 Å². The summed E-state index contributed by atoms with van der Waals surface area (Å²) in [7, 11) is -3.24. The number of sulfone groups is 1. The van der Waals surface area contributed by atoms with Gasteiger partial charge in [-0.05, 0) is 42.2 Å². The number of carbonyl (C=O) groups is 1. The molecule has 0 unspecified atom stereocenters. The van der Waals surface area contributed by atoms with Crippen LogP contribution in [-0.4, -0.2) is 37.6 Å². The van der Waals surface area contributed by atoms with Gasteiger partial charge >= 0.3 is 0 Å². The van der Waals surface area contributed by atoms with Gasteiger partial charge in [0.1, 0.15) is 0 Å². The Morgan fingerprint density at radius 1 is 1.07 bits per heavy atom. The van der Waals surface area contributed by atoms with Crippen molar-refractivity contribution in [2.75, 3.05) is 13.1 Å². The largest absolute Gasteiger partial charge is 0.339 e. The zero-order valence-corrected chi connectivity index (χ0v) is 17.6. The van der Waals surface area contributed by atoms with Crippen LogP contribution in [0.4, 0.5) is 0 Å². The van der Waals surface area contributed by atoms with E-state index >= 15 is 0 Å². The third kappa shape index (κ3) is 5.37. The van der Waals surface area contributed by atoms with Crippen LogP contribution in [-0.2, 0) is 20.4 Å². The number of carbonyl (C=O) groups excluding carboxylic acids is 1. The number of likely N-dealkylation sites (tertiary alicyclic amines) is 1. The van der Waals surface area contributed by atoms with Gasteiger partial charge in [0.2, 0.25) is 5.91 Å². The van der Waals surface area contributed by atoms with Crippen LogP contribution in [0.1, 0.15) is 24.0 Å². The minimum absolute atomic E-state index is 0.0431. The predicted molar refractivity (Wildman–Crippen MR) is 114 cm³/mol. The molecule has 0 spiro atoms. The third-order valence-corrected chi connectivity index (χ3v) is 7.63. The van der Waals surface area contributed by atoms with Crippen molar-refractivity contribution in [1.29, 1.82) is 0 Å². The Labute approximate surface area is 175 Å². The first kappa shape index (κ1) is 20.9. The maximum atomic E-state index is 12.7. The maximum absolute atomic E-state index is 12.7. The second-order valence-electron chi connectivity index (χ2n) is 6.82. The monoisotopic (exact) mass is 437 g/mol. The molecule has 1 saturated heterocycles.